The van der Waals surface area contributed by atoms with Crippen LogP contribution in [-0.4, -0.2) is 32.6 Å². The van der Waals surface area contributed by atoms with E-state index in [2.05, 4.69) is 5.32 Å². The Morgan fingerprint density at radius 1 is 1.15 bits per heavy atom. The fourth-order valence-electron chi connectivity index (χ4n) is 1.93. The molecule has 1 atom stereocenters. The van der Waals surface area contributed by atoms with Gasteiger partial charge < -0.3 is 10.1 Å². The first-order chi connectivity index (χ1) is 9.26. The van der Waals surface area contributed by atoms with E-state index in [4.69, 9.17) is 4.74 Å². The minimum absolute atomic E-state index is 0.0955. The molecule has 1 rings (SSSR count). The van der Waals surface area contributed by atoms with Gasteiger partial charge in [0.05, 0.1) is 12.6 Å². The second-order valence-electron chi connectivity index (χ2n) is 4.84. The van der Waals surface area contributed by atoms with Crippen LogP contribution in [0.5, 0.6) is 0 Å². The third-order valence-corrected chi connectivity index (χ3v) is 2.89. The molecule has 0 saturated heterocycles. The molecule has 0 aliphatic heterocycles. The number of likely N-dealkylation sites (N-methyl/N-ethyl adjacent to an activating group) is 1. The van der Waals surface area contributed by atoms with Gasteiger partial charge in [0, 0.05) is 0 Å². The molecule has 1 N–H and O–H groups in total. The van der Waals surface area contributed by atoms with Crippen LogP contribution < -0.4 is 5.32 Å². The van der Waals surface area contributed by atoms with Gasteiger partial charge in [-0.2, -0.15) is 8.78 Å². The Morgan fingerprint density at radius 3 is 2.15 bits per heavy atom. The SMILES string of the molecule is CNC(COCC(F)(F)C(F)F)c1cc(C)cc(C)c1. The fourth-order valence-corrected chi connectivity index (χ4v) is 1.93. The summed E-state index contributed by atoms with van der Waals surface area (Å²) in [5.74, 6) is -4.11. The van der Waals surface area contributed by atoms with Gasteiger partial charge in [-0.3, -0.25) is 0 Å². The van der Waals surface area contributed by atoms with Crippen molar-refractivity contribution in [2.24, 2.45) is 0 Å². The van der Waals surface area contributed by atoms with Crippen LogP contribution in [0.3, 0.4) is 0 Å². The Hall–Kier alpha value is -1.14. The van der Waals surface area contributed by atoms with Crippen LogP contribution in [-0.2, 0) is 4.74 Å². The lowest BCUT2D eigenvalue weighted by atomic mass is 10.0. The Morgan fingerprint density at radius 2 is 1.70 bits per heavy atom. The number of nitrogens with one attached hydrogen (secondary N) is 1. The first-order valence-electron chi connectivity index (χ1n) is 6.25. The van der Waals surface area contributed by atoms with Crippen molar-refractivity contribution >= 4 is 0 Å². The molecular weight excluding hydrogens is 274 g/mol. The Kier molecular flexibility index (Phi) is 5.95. The highest BCUT2D eigenvalue weighted by Crippen LogP contribution is 2.24. The van der Waals surface area contributed by atoms with Crippen LogP contribution in [0.2, 0.25) is 0 Å². The summed E-state index contributed by atoms with van der Waals surface area (Å²) in [6, 6.07) is 5.48. The van der Waals surface area contributed by atoms with Crippen molar-refractivity contribution in [2.75, 3.05) is 20.3 Å². The van der Waals surface area contributed by atoms with Gasteiger partial charge in [0.15, 0.2) is 0 Å². The Balaban J connectivity index is 2.64. The van der Waals surface area contributed by atoms with Gasteiger partial charge in [-0.1, -0.05) is 29.3 Å². The molecule has 0 heterocycles. The van der Waals surface area contributed by atoms with Crippen LogP contribution in [0.4, 0.5) is 17.6 Å². The molecule has 0 aliphatic rings. The Bertz CT molecular complexity index is 417. The Labute approximate surface area is 116 Å². The summed E-state index contributed by atoms with van der Waals surface area (Å²) in [5.41, 5.74) is 2.96. The number of halogens is 4. The van der Waals surface area contributed by atoms with Crippen molar-refractivity contribution in [3.05, 3.63) is 34.9 Å². The van der Waals surface area contributed by atoms with Gasteiger partial charge in [-0.05, 0) is 26.5 Å². The summed E-state index contributed by atoms with van der Waals surface area (Å²) in [4.78, 5) is 0. The zero-order valence-corrected chi connectivity index (χ0v) is 11.7. The second kappa shape index (κ2) is 7.04. The highest BCUT2D eigenvalue weighted by atomic mass is 19.3. The van der Waals surface area contributed by atoms with Gasteiger partial charge in [0.25, 0.3) is 0 Å². The van der Waals surface area contributed by atoms with Crippen molar-refractivity contribution in [1.82, 2.24) is 5.32 Å². The standard InChI is InChI=1S/C14H19F4NO/c1-9-4-10(2)6-11(5-9)12(19-3)7-20-8-14(17,18)13(15)16/h4-6,12-13,19H,7-8H2,1-3H3. The molecule has 2 nitrogen and oxygen atoms in total. The molecule has 0 saturated carbocycles. The average Bonchev–Trinajstić information content (AvgIpc) is 2.33. The van der Waals surface area contributed by atoms with E-state index in [9.17, 15) is 17.6 Å². The van der Waals surface area contributed by atoms with Gasteiger partial charge in [-0.25, -0.2) is 8.78 Å². The molecule has 20 heavy (non-hydrogen) atoms. The van der Waals surface area contributed by atoms with E-state index >= 15 is 0 Å². The molecule has 0 aliphatic carbocycles. The summed E-state index contributed by atoms with van der Waals surface area (Å²) in [6.45, 7) is 2.47. The number of benzene rings is 1. The maximum atomic E-state index is 12.7. The number of alkyl halides is 4. The van der Waals surface area contributed by atoms with Crippen molar-refractivity contribution in [1.29, 1.82) is 0 Å². The molecule has 0 aromatic heterocycles. The van der Waals surface area contributed by atoms with Crippen molar-refractivity contribution in [3.8, 4) is 0 Å². The topological polar surface area (TPSA) is 21.3 Å². The third-order valence-electron chi connectivity index (χ3n) is 2.89. The summed E-state index contributed by atoms with van der Waals surface area (Å²) in [7, 11) is 1.66. The molecule has 1 aromatic rings. The van der Waals surface area contributed by atoms with Gasteiger partial charge in [0.2, 0.25) is 0 Å². The minimum Gasteiger partial charge on any atom is -0.373 e. The quantitative estimate of drug-likeness (QED) is 0.777. The van der Waals surface area contributed by atoms with E-state index in [1.54, 1.807) is 7.05 Å². The molecule has 1 unspecified atom stereocenters. The minimum atomic E-state index is -4.11. The third kappa shape index (κ3) is 4.76. The van der Waals surface area contributed by atoms with Crippen molar-refractivity contribution in [2.45, 2.75) is 32.2 Å². The van der Waals surface area contributed by atoms with Gasteiger partial charge >= 0.3 is 12.3 Å². The molecule has 114 valence electrons. The second-order valence-corrected chi connectivity index (χ2v) is 4.84. The smallest absolute Gasteiger partial charge is 0.330 e. The lowest BCUT2D eigenvalue weighted by Crippen LogP contribution is -2.34. The van der Waals surface area contributed by atoms with Gasteiger partial charge in [0.1, 0.15) is 6.61 Å². The van der Waals surface area contributed by atoms with Crippen molar-refractivity contribution in [3.63, 3.8) is 0 Å². The van der Waals surface area contributed by atoms with E-state index in [1.165, 1.54) is 0 Å². The fraction of sp³-hybridized carbons (Fsp3) is 0.571. The normalized spacial score (nSPS) is 13.8. The summed E-state index contributed by atoms with van der Waals surface area (Å²) in [6.07, 6.45) is -3.71. The highest BCUT2D eigenvalue weighted by Gasteiger charge is 2.41. The maximum absolute atomic E-state index is 12.7. The molecule has 1 aromatic carbocycles. The number of aryl methyl sites for hydroxylation is 2. The maximum Gasteiger partial charge on any atom is 0.330 e. The largest absolute Gasteiger partial charge is 0.373 e. The number of hydrogen-bond acceptors (Lipinski definition) is 2. The molecule has 0 radical (unpaired) electrons. The lowest BCUT2D eigenvalue weighted by molar-refractivity contribution is -0.167. The predicted molar refractivity (Wildman–Crippen MR) is 69.5 cm³/mol. The van der Waals surface area contributed by atoms with Crippen LogP contribution in [0.25, 0.3) is 0 Å². The van der Waals surface area contributed by atoms with Crippen LogP contribution >= 0.6 is 0 Å². The monoisotopic (exact) mass is 293 g/mol. The van der Waals surface area contributed by atoms with Crippen LogP contribution in [0.1, 0.15) is 22.7 Å². The van der Waals surface area contributed by atoms with Crippen LogP contribution in [0, 0.1) is 13.8 Å². The van der Waals surface area contributed by atoms with E-state index in [1.807, 2.05) is 32.0 Å². The van der Waals surface area contributed by atoms with Crippen molar-refractivity contribution < 1.29 is 22.3 Å². The molecule has 6 heteroatoms. The van der Waals surface area contributed by atoms with E-state index in [-0.39, 0.29) is 12.6 Å². The van der Waals surface area contributed by atoms with E-state index < -0.39 is 19.0 Å². The summed E-state index contributed by atoms with van der Waals surface area (Å²) >= 11 is 0. The first-order valence-corrected chi connectivity index (χ1v) is 6.25. The zero-order valence-electron chi connectivity index (χ0n) is 11.7. The van der Waals surface area contributed by atoms with E-state index in [0.717, 1.165) is 16.7 Å². The first kappa shape index (κ1) is 16.9. The summed E-state index contributed by atoms with van der Waals surface area (Å²) in [5, 5.41) is 2.93. The molecular formula is C14H19F4NO. The van der Waals surface area contributed by atoms with E-state index in [0.29, 0.717) is 0 Å². The molecule has 0 bridgehead atoms. The number of hydrogen-bond donors (Lipinski definition) is 1. The number of ether oxygens (including phenoxy) is 1. The molecule has 0 spiro atoms. The molecule has 0 fully saturated rings. The predicted octanol–water partition coefficient (Wildman–Crippen LogP) is 3.48. The number of rotatable bonds is 7. The van der Waals surface area contributed by atoms with Crippen LogP contribution in [0.15, 0.2) is 18.2 Å². The highest BCUT2D eigenvalue weighted by molar-refractivity contribution is 5.30. The average molecular weight is 293 g/mol. The summed E-state index contributed by atoms with van der Waals surface area (Å²) < 4.78 is 54.2. The lowest BCUT2D eigenvalue weighted by Gasteiger charge is -2.20. The van der Waals surface area contributed by atoms with Gasteiger partial charge in [-0.15, -0.1) is 0 Å². The molecule has 0 amide bonds. The zero-order chi connectivity index (χ0) is 15.3.